The smallest absolute Gasteiger partial charge is 0.0646 e. The molecular weight excluding hydrogens is 206 g/mol. The lowest BCUT2D eigenvalue weighted by Crippen LogP contribution is -2.44. The van der Waals surface area contributed by atoms with Crippen LogP contribution in [0.5, 0.6) is 0 Å². The van der Waals surface area contributed by atoms with Gasteiger partial charge >= 0.3 is 0 Å². The summed E-state index contributed by atoms with van der Waals surface area (Å²) < 4.78 is 5.70. The zero-order chi connectivity index (χ0) is 11.0. The Balaban J connectivity index is 2.11. The Hall–Kier alpha value is 0.270. The molecule has 0 aromatic rings. The minimum absolute atomic E-state index is 0.0180. The van der Waals surface area contributed by atoms with Crippen LogP contribution in [-0.2, 0) is 4.74 Å². The van der Waals surface area contributed by atoms with Gasteiger partial charge in [-0.3, -0.25) is 0 Å². The first-order valence-corrected chi connectivity index (χ1v) is 7.52. The third-order valence-electron chi connectivity index (χ3n) is 3.13. The van der Waals surface area contributed by atoms with Crippen molar-refractivity contribution in [1.82, 2.24) is 0 Å². The highest BCUT2D eigenvalue weighted by Gasteiger charge is 2.26. The predicted molar refractivity (Wildman–Crippen MR) is 68.4 cm³/mol. The lowest BCUT2D eigenvalue weighted by molar-refractivity contribution is 0.0788. The SMILES string of the molecule is CSCCCOCC1(N)CCCCCC1. The summed E-state index contributed by atoms with van der Waals surface area (Å²) in [4.78, 5) is 0. The molecule has 0 radical (unpaired) electrons. The van der Waals surface area contributed by atoms with Crippen LogP contribution in [0.15, 0.2) is 0 Å². The summed E-state index contributed by atoms with van der Waals surface area (Å²) in [6.07, 6.45) is 10.9. The largest absolute Gasteiger partial charge is 0.380 e. The van der Waals surface area contributed by atoms with Crippen LogP contribution in [0.1, 0.15) is 44.9 Å². The summed E-state index contributed by atoms with van der Waals surface area (Å²) in [5.41, 5.74) is 6.33. The third kappa shape index (κ3) is 5.79. The van der Waals surface area contributed by atoms with Crippen molar-refractivity contribution in [3.05, 3.63) is 0 Å². The summed E-state index contributed by atoms with van der Waals surface area (Å²) >= 11 is 1.88. The van der Waals surface area contributed by atoms with Gasteiger partial charge in [0.2, 0.25) is 0 Å². The number of nitrogens with two attached hydrogens (primary N) is 1. The molecule has 1 rings (SSSR count). The summed E-state index contributed by atoms with van der Waals surface area (Å²) in [6, 6.07) is 0. The monoisotopic (exact) mass is 231 g/mol. The van der Waals surface area contributed by atoms with Gasteiger partial charge in [-0.05, 0) is 31.3 Å². The van der Waals surface area contributed by atoms with Gasteiger partial charge in [0.15, 0.2) is 0 Å². The van der Waals surface area contributed by atoms with E-state index in [1.165, 1.54) is 31.4 Å². The standard InChI is InChI=1S/C12H25NOS/c1-15-10-6-9-14-11-12(13)7-4-2-3-5-8-12/h2-11,13H2,1H3. The Morgan fingerprint density at radius 1 is 1.20 bits per heavy atom. The van der Waals surface area contributed by atoms with E-state index in [1.54, 1.807) is 0 Å². The molecule has 90 valence electrons. The highest BCUT2D eigenvalue weighted by Crippen LogP contribution is 2.25. The molecule has 0 atom stereocenters. The van der Waals surface area contributed by atoms with Crippen molar-refractivity contribution in [1.29, 1.82) is 0 Å². The van der Waals surface area contributed by atoms with Crippen molar-refractivity contribution in [2.45, 2.75) is 50.5 Å². The summed E-state index contributed by atoms with van der Waals surface area (Å²) in [5, 5.41) is 0. The van der Waals surface area contributed by atoms with Gasteiger partial charge in [-0.2, -0.15) is 11.8 Å². The van der Waals surface area contributed by atoms with E-state index in [-0.39, 0.29) is 5.54 Å². The highest BCUT2D eigenvalue weighted by molar-refractivity contribution is 7.98. The normalized spacial score (nSPS) is 21.2. The van der Waals surface area contributed by atoms with Crippen LogP contribution < -0.4 is 5.73 Å². The summed E-state index contributed by atoms with van der Waals surface area (Å²) in [5.74, 6) is 1.19. The Morgan fingerprint density at radius 2 is 1.87 bits per heavy atom. The summed E-state index contributed by atoms with van der Waals surface area (Å²) in [7, 11) is 0. The average molecular weight is 231 g/mol. The highest BCUT2D eigenvalue weighted by atomic mass is 32.2. The molecule has 1 saturated carbocycles. The minimum Gasteiger partial charge on any atom is -0.380 e. The van der Waals surface area contributed by atoms with Crippen LogP contribution in [0.4, 0.5) is 0 Å². The molecule has 0 aliphatic heterocycles. The second kappa shape index (κ2) is 7.53. The second-order valence-corrected chi connectivity index (χ2v) is 5.66. The molecule has 2 nitrogen and oxygen atoms in total. The maximum Gasteiger partial charge on any atom is 0.0646 e. The first kappa shape index (κ1) is 13.3. The molecule has 0 spiro atoms. The number of rotatable bonds is 6. The molecule has 0 amide bonds. The Morgan fingerprint density at radius 3 is 2.47 bits per heavy atom. The van der Waals surface area contributed by atoms with Gasteiger partial charge in [0.05, 0.1) is 6.61 Å². The van der Waals surface area contributed by atoms with E-state index >= 15 is 0 Å². The van der Waals surface area contributed by atoms with Crippen LogP contribution in [0, 0.1) is 0 Å². The second-order valence-electron chi connectivity index (χ2n) is 4.68. The van der Waals surface area contributed by atoms with Crippen LogP contribution in [0.2, 0.25) is 0 Å². The quantitative estimate of drug-likeness (QED) is 0.564. The van der Waals surface area contributed by atoms with Crippen molar-refractivity contribution in [2.75, 3.05) is 25.2 Å². The number of hydrogen-bond acceptors (Lipinski definition) is 3. The van der Waals surface area contributed by atoms with Crippen LogP contribution in [0.25, 0.3) is 0 Å². The maximum absolute atomic E-state index is 6.34. The Labute approximate surface area is 98.3 Å². The fourth-order valence-electron chi connectivity index (χ4n) is 2.16. The van der Waals surface area contributed by atoms with E-state index in [4.69, 9.17) is 10.5 Å². The van der Waals surface area contributed by atoms with Crippen LogP contribution in [-0.4, -0.2) is 30.8 Å². The van der Waals surface area contributed by atoms with Gasteiger partial charge in [-0.15, -0.1) is 0 Å². The van der Waals surface area contributed by atoms with E-state index in [1.807, 2.05) is 11.8 Å². The van der Waals surface area contributed by atoms with Crippen molar-refractivity contribution >= 4 is 11.8 Å². The van der Waals surface area contributed by atoms with E-state index in [0.717, 1.165) is 32.5 Å². The molecule has 0 aromatic heterocycles. The molecule has 2 N–H and O–H groups in total. The molecule has 0 aromatic carbocycles. The molecule has 1 aliphatic rings. The molecule has 1 aliphatic carbocycles. The fourth-order valence-corrected chi connectivity index (χ4v) is 2.56. The van der Waals surface area contributed by atoms with Gasteiger partial charge in [-0.25, -0.2) is 0 Å². The van der Waals surface area contributed by atoms with Crippen molar-refractivity contribution < 1.29 is 4.74 Å². The van der Waals surface area contributed by atoms with Crippen LogP contribution >= 0.6 is 11.8 Å². The average Bonchev–Trinajstić information content (AvgIpc) is 2.43. The Bertz CT molecular complexity index is 156. The molecule has 3 heteroatoms. The lowest BCUT2D eigenvalue weighted by Gasteiger charge is -2.27. The molecular formula is C12H25NOS. The van der Waals surface area contributed by atoms with Gasteiger partial charge in [-0.1, -0.05) is 25.7 Å². The zero-order valence-corrected chi connectivity index (χ0v) is 10.8. The number of thioether (sulfide) groups is 1. The van der Waals surface area contributed by atoms with Gasteiger partial charge < -0.3 is 10.5 Å². The minimum atomic E-state index is -0.0180. The topological polar surface area (TPSA) is 35.2 Å². The maximum atomic E-state index is 6.34. The fraction of sp³-hybridized carbons (Fsp3) is 1.00. The molecule has 1 fully saturated rings. The number of ether oxygens (including phenoxy) is 1. The van der Waals surface area contributed by atoms with Crippen molar-refractivity contribution in [3.8, 4) is 0 Å². The van der Waals surface area contributed by atoms with Gasteiger partial charge in [0.1, 0.15) is 0 Å². The first-order valence-electron chi connectivity index (χ1n) is 6.12. The van der Waals surface area contributed by atoms with E-state index in [2.05, 4.69) is 6.26 Å². The molecule has 0 bridgehead atoms. The predicted octanol–water partition coefficient (Wildman–Crippen LogP) is 2.81. The van der Waals surface area contributed by atoms with E-state index < -0.39 is 0 Å². The van der Waals surface area contributed by atoms with E-state index in [9.17, 15) is 0 Å². The Kier molecular flexibility index (Phi) is 6.69. The summed E-state index contributed by atoms with van der Waals surface area (Å²) in [6.45, 7) is 1.64. The van der Waals surface area contributed by atoms with Crippen molar-refractivity contribution in [3.63, 3.8) is 0 Å². The van der Waals surface area contributed by atoms with Crippen molar-refractivity contribution in [2.24, 2.45) is 5.73 Å². The zero-order valence-electron chi connectivity index (χ0n) is 9.96. The third-order valence-corrected chi connectivity index (χ3v) is 3.82. The first-order chi connectivity index (χ1) is 7.27. The molecule has 0 heterocycles. The van der Waals surface area contributed by atoms with Crippen LogP contribution in [0.3, 0.4) is 0 Å². The number of hydrogen-bond donors (Lipinski definition) is 1. The van der Waals surface area contributed by atoms with Gasteiger partial charge in [0, 0.05) is 12.1 Å². The lowest BCUT2D eigenvalue weighted by atomic mass is 9.93. The molecule has 0 saturated heterocycles. The van der Waals surface area contributed by atoms with E-state index in [0.29, 0.717) is 0 Å². The molecule has 15 heavy (non-hydrogen) atoms. The van der Waals surface area contributed by atoms with Gasteiger partial charge in [0.25, 0.3) is 0 Å². The molecule has 0 unspecified atom stereocenters.